The molecule has 1 atom stereocenters. The number of aromatic nitrogens is 1. The standard InChI is InChI=1S/C14H19N3S/c1-3-5-17-14(12-9-18-8-10(12)2)11-7-16-6-4-13(11)15/h4,6-9,14,17H,3,5H2,1-2H3,(H2,15,16). The predicted molar refractivity (Wildman–Crippen MR) is 77.8 cm³/mol. The first-order valence-corrected chi connectivity index (χ1v) is 7.13. The minimum atomic E-state index is 0.143. The van der Waals surface area contributed by atoms with Crippen LogP contribution in [-0.4, -0.2) is 11.5 Å². The van der Waals surface area contributed by atoms with Crippen LogP contribution in [0, 0.1) is 6.92 Å². The van der Waals surface area contributed by atoms with Gasteiger partial charge in [-0.3, -0.25) is 4.98 Å². The van der Waals surface area contributed by atoms with E-state index in [0.717, 1.165) is 24.2 Å². The van der Waals surface area contributed by atoms with E-state index in [4.69, 9.17) is 5.73 Å². The molecular formula is C14H19N3S. The van der Waals surface area contributed by atoms with Gasteiger partial charge in [-0.1, -0.05) is 6.92 Å². The number of thiophene rings is 1. The summed E-state index contributed by atoms with van der Waals surface area (Å²) in [6.45, 7) is 5.27. The number of nitrogens with one attached hydrogen (secondary N) is 1. The van der Waals surface area contributed by atoms with Crippen LogP contribution in [-0.2, 0) is 0 Å². The van der Waals surface area contributed by atoms with Gasteiger partial charge in [0.05, 0.1) is 6.04 Å². The third-order valence-electron chi connectivity index (χ3n) is 3.00. The van der Waals surface area contributed by atoms with Crippen LogP contribution in [0.4, 0.5) is 5.69 Å². The molecular weight excluding hydrogens is 242 g/mol. The maximum atomic E-state index is 6.07. The van der Waals surface area contributed by atoms with Crippen LogP contribution in [0.3, 0.4) is 0 Å². The fraction of sp³-hybridized carbons (Fsp3) is 0.357. The Labute approximate surface area is 112 Å². The minimum Gasteiger partial charge on any atom is -0.398 e. The monoisotopic (exact) mass is 261 g/mol. The summed E-state index contributed by atoms with van der Waals surface area (Å²) in [5.74, 6) is 0. The fourth-order valence-electron chi connectivity index (χ4n) is 2.00. The van der Waals surface area contributed by atoms with E-state index in [0.29, 0.717) is 0 Å². The van der Waals surface area contributed by atoms with Crippen molar-refractivity contribution < 1.29 is 0 Å². The molecule has 0 aliphatic carbocycles. The summed E-state index contributed by atoms with van der Waals surface area (Å²) in [5.41, 5.74) is 10.5. The smallest absolute Gasteiger partial charge is 0.0623 e. The third kappa shape index (κ3) is 2.71. The summed E-state index contributed by atoms with van der Waals surface area (Å²) in [7, 11) is 0. The molecule has 0 fully saturated rings. The van der Waals surface area contributed by atoms with E-state index in [1.54, 1.807) is 17.5 Å². The Kier molecular flexibility index (Phi) is 4.33. The molecule has 2 aromatic heterocycles. The summed E-state index contributed by atoms with van der Waals surface area (Å²) in [6, 6.07) is 2.00. The highest BCUT2D eigenvalue weighted by molar-refractivity contribution is 7.08. The van der Waals surface area contributed by atoms with Crippen LogP contribution in [0.5, 0.6) is 0 Å². The second kappa shape index (κ2) is 5.98. The van der Waals surface area contributed by atoms with Gasteiger partial charge < -0.3 is 11.1 Å². The fourth-order valence-corrected chi connectivity index (χ4v) is 2.88. The van der Waals surface area contributed by atoms with Crippen LogP contribution in [0.25, 0.3) is 0 Å². The van der Waals surface area contributed by atoms with E-state index in [1.807, 2.05) is 12.3 Å². The molecule has 1 unspecified atom stereocenters. The van der Waals surface area contributed by atoms with Crippen molar-refractivity contribution in [2.24, 2.45) is 0 Å². The van der Waals surface area contributed by atoms with Gasteiger partial charge in [0.25, 0.3) is 0 Å². The number of nitrogens with zero attached hydrogens (tertiary/aromatic N) is 1. The number of aryl methyl sites for hydroxylation is 1. The molecule has 2 rings (SSSR count). The van der Waals surface area contributed by atoms with Crippen molar-refractivity contribution in [3.05, 3.63) is 45.9 Å². The van der Waals surface area contributed by atoms with Gasteiger partial charge >= 0.3 is 0 Å². The molecule has 0 aliphatic rings. The average molecular weight is 261 g/mol. The lowest BCUT2D eigenvalue weighted by molar-refractivity contribution is 0.597. The highest BCUT2D eigenvalue weighted by Gasteiger charge is 2.18. The van der Waals surface area contributed by atoms with Crippen molar-refractivity contribution in [1.82, 2.24) is 10.3 Å². The van der Waals surface area contributed by atoms with Gasteiger partial charge in [-0.25, -0.2) is 0 Å². The molecule has 0 radical (unpaired) electrons. The SMILES string of the molecule is CCCNC(c1cscc1C)c1cnccc1N. The quantitative estimate of drug-likeness (QED) is 0.869. The predicted octanol–water partition coefficient (Wildman–Crippen LogP) is 3.12. The summed E-state index contributed by atoms with van der Waals surface area (Å²) in [4.78, 5) is 4.20. The molecule has 0 saturated carbocycles. The number of anilines is 1. The Morgan fingerprint density at radius 2 is 2.22 bits per heavy atom. The van der Waals surface area contributed by atoms with E-state index in [1.165, 1.54) is 11.1 Å². The molecule has 2 heterocycles. The average Bonchev–Trinajstić information content (AvgIpc) is 2.78. The van der Waals surface area contributed by atoms with Crippen molar-refractivity contribution >= 4 is 17.0 Å². The lowest BCUT2D eigenvalue weighted by Crippen LogP contribution is -2.24. The highest BCUT2D eigenvalue weighted by Crippen LogP contribution is 2.30. The highest BCUT2D eigenvalue weighted by atomic mass is 32.1. The van der Waals surface area contributed by atoms with Gasteiger partial charge in [-0.2, -0.15) is 11.3 Å². The summed E-state index contributed by atoms with van der Waals surface area (Å²) in [6.07, 6.45) is 4.69. The Morgan fingerprint density at radius 3 is 2.83 bits per heavy atom. The maximum absolute atomic E-state index is 6.07. The Balaban J connectivity index is 2.37. The van der Waals surface area contributed by atoms with Gasteiger partial charge in [-0.15, -0.1) is 0 Å². The lowest BCUT2D eigenvalue weighted by Gasteiger charge is -2.20. The van der Waals surface area contributed by atoms with Gasteiger partial charge in [-0.05, 0) is 47.8 Å². The maximum Gasteiger partial charge on any atom is 0.0623 e. The van der Waals surface area contributed by atoms with Crippen molar-refractivity contribution in [2.75, 3.05) is 12.3 Å². The molecule has 4 heteroatoms. The first-order valence-electron chi connectivity index (χ1n) is 6.19. The number of nitrogens with two attached hydrogens (primary N) is 1. The zero-order valence-electron chi connectivity index (χ0n) is 10.8. The Hall–Kier alpha value is -1.39. The number of hydrogen-bond donors (Lipinski definition) is 2. The Bertz CT molecular complexity index is 507. The molecule has 0 aliphatic heterocycles. The van der Waals surface area contributed by atoms with Crippen molar-refractivity contribution in [3.8, 4) is 0 Å². The molecule has 96 valence electrons. The third-order valence-corrected chi connectivity index (χ3v) is 3.88. The summed E-state index contributed by atoms with van der Waals surface area (Å²) < 4.78 is 0. The van der Waals surface area contributed by atoms with Gasteiger partial charge in [0.2, 0.25) is 0 Å². The molecule has 18 heavy (non-hydrogen) atoms. The first kappa shape index (κ1) is 13.1. The van der Waals surface area contributed by atoms with E-state index in [9.17, 15) is 0 Å². The van der Waals surface area contributed by atoms with Gasteiger partial charge in [0, 0.05) is 23.6 Å². The van der Waals surface area contributed by atoms with Crippen LogP contribution < -0.4 is 11.1 Å². The molecule has 0 saturated heterocycles. The topological polar surface area (TPSA) is 50.9 Å². The van der Waals surface area contributed by atoms with Crippen LogP contribution in [0.15, 0.2) is 29.2 Å². The normalized spacial score (nSPS) is 12.6. The van der Waals surface area contributed by atoms with Crippen molar-refractivity contribution in [2.45, 2.75) is 26.3 Å². The van der Waals surface area contributed by atoms with Crippen molar-refractivity contribution in [1.29, 1.82) is 0 Å². The number of hydrogen-bond acceptors (Lipinski definition) is 4. The second-order valence-electron chi connectivity index (χ2n) is 4.40. The van der Waals surface area contributed by atoms with Gasteiger partial charge in [0.15, 0.2) is 0 Å². The van der Waals surface area contributed by atoms with Gasteiger partial charge in [0.1, 0.15) is 0 Å². The number of rotatable bonds is 5. The Morgan fingerprint density at radius 1 is 1.39 bits per heavy atom. The lowest BCUT2D eigenvalue weighted by atomic mass is 9.98. The first-order chi connectivity index (χ1) is 8.74. The van der Waals surface area contributed by atoms with E-state index in [2.05, 4.69) is 34.9 Å². The minimum absolute atomic E-state index is 0.143. The molecule has 0 aromatic carbocycles. The summed E-state index contributed by atoms with van der Waals surface area (Å²) >= 11 is 1.73. The van der Waals surface area contributed by atoms with E-state index < -0.39 is 0 Å². The van der Waals surface area contributed by atoms with E-state index >= 15 is 0 Å². The largest absolute Gasteiger partial charge is 0.398 e. The zero-order valence-corrected chi connectivity index (χ0v) is 11.6. The molecule has 0 spiro atoms. The molecule has 0 bridgehead atoms. The molecule has 0 amide bonds. The van der Waals surface area contributed by atoms with Crippen LogP contribution in [0.1, 0.15) is 36.1 Å². The number of nitrogen functional groups attached to an aromatic ring is 1. The van der Waals surface area contributed by atoms with Crippen LogP contribution in [0.2, 0.25) is 0 Å². The van der Waals surface area contributed by atoms with Crippen LogP contribution >= 0.6 is 11.3 Å². The summed E-state index contributed by atoms with van der Waals surface area (Å²) in [5, 5.41) is 7.92. The van der Waals surface area contributed by atoms with Crippen molar-refractivity contribution in [3.63, 3.8) is 0 Å². The number of pyridine rings is 1. The second-order valence-corrected chi connectivity index (χ2v) is 5.15. The molecule has 3 nitrogen and oxygen atoms in total. The molecule has 3 N–H and O–H groups in total. The molecule has 2 aromatic rings. The zero-order chi connectivity index (χ0) is 13.0. The van der Waals surface area contributed by atoms with E-state index in [-0.39, 0.29) is 6.04 Å².